The monoisotopic (exact) mass is 545 g/mol. The number of piperidine rings is 1. The summed E-state index contributed by atoms with van der Waals surface area (Å²) in [5, 5.41) is 17.5. The van der Waals surface area contributed by atoms with E-state index in [1.54, 1.807) is 44.7 Å². The topological polar surface area (TPSA) is 117 Å². The Hall–Kier alpha value is -2.23. The Labute approximate surface area is 222 Å². The third-order valence-corrected chi connectivity index (χ3v) is 7.15. The molecule has 3 N–H and O–H groups in total. The number of amides is 3. The van der Waals surface area contributed by atoms with Crippen LogP contribution in [0.1, 0.15) is 53.5 Å². The van der Waals surface area contributed by atoms with Gasteiger partial charge in [0.15, 0.2) is 6.07 Å². The molecule has 36 heavy (non-hydrogen) atoms. The number of likely N-dealkylation sites (tertiary alicyclic amines) is 1. The number of nitrogens with one attached hydrogen (secondary N) is 2. The summed E-state index contributed by atoms with van der Waals surface area (Å²) in [4.78, 5) is 38.9. The van der Waals surface area contributed by atoms with Gasteiger partial charge in [-0.1, -0.05) is 56.1 Å². The second kappa shape index (κ2) is 11.9. The van der Waals surface area contributed by atoms with E-state index in [2.05, 4.69) is 15.4 Å². The Morgan fingerprint density at radius 3 is 2.36 bits per heavy atom. The quantitative estimate of drug-likeness (QED) is 0.332. The van der Waals surface area contributed by atoms with Gasteiger partial charge in [-0.3, -0.25) is 4.79 Å². The van der Waals surface area contributed by atoms with Crippen LogP contribution in [0.5, 0.6) is 0 Å². The summed E-state index contributed by atoms with van der Waals surface area (Å²) in [6.45, 7) is 11.4. The smallest absolute Gasteiger partial charge is 0.426 e. The van der Waals surface area contributed by atoms with Crippen molar-refractivity contribution >= 4 is 41.3 Å². The molecule has 0 saturated carbocycles. The number of carbonyl (C=O) groups excluding carboxylic acids is 3. The number of aliphatic hydroxyl groups is 1. The second-order valence-electron chi connectivity index (χ2n) is 10.5. The molecule has 1 aromatic carbocycles. The summed E-state index contributed by atoms with van der Waals surface area (Å²) in [7, 11) is 0. The Morgan fingerprint density at radius 1 is 1.19 bits per heavy atom. The van der Waals surface area contributed by atoms with Crippen LogP contribution in [-0.4, -0.2) is 65.4 Å². The Balaban J connectivity index is 1.93. The molecule has 1 aromatic rings. The van der Waals surface area contributed by atoms with Crippen LogP contribution in [0.3, 0.4) is 0 Å². The molecule has 9 nitrogen and oxygen atoms in total. The molecule has 3 amide bonds. The van der Waals surface area contributed by atoms with Crippen molar-refractivity contribution in [2.24, 2.45) is 11.3 Å². The molecule has 1 heterocycles. The first-order chi connectivity index (χ1) is 16.6. The third-order valence-electron chi connectivity index (χ3n) is 6.79. The lowest BCUT2D eigenvalue weighted by Gasteiger charge is -2.51. The van der Waals surface area contributed by atoms with Crippen LogP contribution < -0.4 is 10.6 Å². The van der Waals surface area contributed by atoms with Crippen LogP contribution in [0.25, 0.3) is 0 Å². The van der Waals surface area contributed by atoms with Crippen LogP contribution in [0.2, 0.25) is 5.02 Å². The number of halogens is 2. The highest BCUT2D eigenvalue weighted by molar-refractivity contribution is 6.30. The van der Waals surface area contributed by atoms with Crippen molar-refractivity contribution in [3.63, 3.8) is 0 Å². The lowest BCUT2D eigenvalue weighted by atomic mass is 9.66. The molecular formula is C25H37Cl2N3O6. The molecule has 1 saturated heterocycles. The highest BCUT2D eigenvalue weighted by Gasteiger charge is 2.50. The summed E-state index contributed by atoms with van der Waals surface area (Å²) < 4.78 is 9.63. The van der Waals surface area contributed by atoms with E-state index in [1.807, 2.05) is 26.0 Å². The summed E-state index contributed by atoms with van der Waals surface area (Å²) >= 11 is 11.3. The normalized spacial score (nSPS) is 21.2. The van der Waals surface area contributed by atoms with Crippen molar-refractivity contribution < 1.29 is 29.0 Å². The van der Waals surface area contributed by atoms with Gasteiger partial charge in [-0.15, -0.1) is 0 Å². The van der Waals surface area contributed by atoms with E-state index in [0.717, 1.165) is 5.56 Å². The minimum Gasteiger partial charge on any atom is -0.426 e. The van der Waals surface area contributed by atoms with Crippen molar-refractivity contribution in [2.45, 2.75) is 65.2 Å². The van der Waals surface area contributed by atoms with E-state index in [-0.39, 0.29) is 18.5 Å². The summed E-state index contributed by atoms with van der Waals surface area (Å²) in [5.74, 6) is -0.613. The largest absolute Gasteiger partial charge is 0.510 e. The predicted octanol–water partition coefficient (Wildman–Crippen LogP) is 4.24. The maximum atomic E-state index is 13.3. The van der Waals surface area contributed by atoms with Gasteiger partial charge in [0.2, 0.25) is 5.91 Å². The van der Waals surface area contributed by atoms with Gasteiger partial charge in [-0.25, -0.2) is 9.59 Å². The molecule has 1 aliphatic heterocycles. The number of alkyl halides is 1. The SMILES string of the molecule is CC(NC(=O)NCC(C)(C)OC(=O)OCCl)C(C)C(=O)N1CCC(O)(c2ccc(Cl)cc2)C(C)(C)C1. The van der Waals surface area contributed by atoms with Gasteiger partial charge in [0, 0.05) is 29.6 Å². The lowest BCUT2D eigenvalue weighted by molar-refractivity contribution is -0.156. The molecule has 3 unspecified atom stereocenters. The maximum Gasteiger partial charge on any atom is 0.510 e. The first kappa shape index (κ1) is 30.0. The van der Waals surface area contributed by atoms with Crippen molar-refractivity contribution in [1.82, 2.24) is 15.5 Å². The average molecular weight is 546 g/mol. The molecule has 3 atom stereocenters. The van der Waals surface area contributed by atoms with Gasteiger partial charge in [0.25, 0.3) is 0 Å². The average Bonchev–Trinajstić information content (AvgIpc) is 2.78. The molecule has 1 fully saturated rings. The van der Waals surface area contributed by atoms with Crippen LogP contribution in [-0.2, 0) is 19.9 Å². The van der Waals surface area contributed by atoms with E-state index in [4.69, 9.17) is 27.9 Å². The first-order valence-electron chi connectivity index (χ1n) is 11.9. The predicted molar refractivity (Wildman–Crippen MR) is 138 cm³/mol. The highest BCUT2D eigenvalue weighted by atomic mass is 35.5. The van der Waals surface area contributed by atoms with Crippen LogP contribution in [0, 0.1) is 11.3 Å². The van der Waals surface area contributed by atoms with Gasteiger partial charge in [0.05, 0.1) is 18.1 Å². The van der Waals surface area contributed by atoms with E-state index in [1.165, 1.54) is 0 Å². The Morgan fingerprint density at radius 2 is 1.81 bits per heavy atom. The number of hydrogen-bond acceptors (Lipinski definition) is 6. The summed E-state index contributed by atoms with van der Waals surface area (Å²) in [5.41, 5.74) is -1.97. The molecule has 0 aliphatic carbocycles. The third kappa shape index (κ3) is 7.40. The van der Waals surface area contributed by atoms with Crippen molar-refractivity contribution in [2.75, 3.05) is 25.7 Å². The molecule has 11 heteroatoms. The van der Waals surface area contributed by atoms with E-state index in [9.17, 15) is 19.5 Å². The molecule has 0 aromatic heterocycles. The summed E-state index contributed by atoms with van der Waals surface area (Å²) in [6, 6.07) is 5.84. The zero-order chi connectivity index (χ0) is 27.3. The van der Waals surface area contributed by atoms with Gasteiger partial charge in [0.1, 0.15) is 5.60 Å². The standard InChI is InChI=1S/C25H37Cl2N3O6/c1-16(17(2)29-21(32)28-13-24(5,6)36-22(33)35-15-26)20(31)30-12-11-25(34,23(3,4)14-30)18-7-9-19(27)10-8-18/h7-10,16-17,34H,11-15H2,1-6H3,(H2,28,29,32). The zero-order valence-electron chi connectivity index (χ0n) is 21.7. The minimum atomic E-state index is -1.10. The fourth-order valence-corrected chi connectivity index (χ4v) is 4.50. The zero-order valence-corrected chi connectivity index (χ0v) is 23.2. The van der Waals surface area contributed by atoms with Crippen LogP contribution in [0.15, 0.2) is 24.3 Å². The number of urea groups is 1. The fraction of sp³-hybridized carbons (Fsp3) is 0.640. The second-order valence-corrected chi connectivity index (χ2v) is 11.2. The Kier molecular flexibility index (Phi) is 9.90. The molecule has 0 radical (unpaired) electrons. The number of carbonyl (C=O) groups is 3. The van der Waals surface area contributed by atoms with Crippen molar-refractivity contribution in [3.8, 4) is 0 Å². The van der Waals surface area contributed by atoms with Crippen molar-refractivity contribution in [1.29, 1.82) is 0 Å². The molecule has 1 aliphatic rings. The maximum absolute atomic E-state index is 13.3. The lowest BCUT2D eigenvalue weighted by Crippen LogP contribution is -2.58. The number of hydrogen-bond donors (Lipinski definition) is 3. The number of ether oxygens (including phenoxy) is 2. The van der Waals surface area contributed by atoms with Gasteiger partial charge >= 0.3 is 12.2 Å². The number of benzene rings is 1. The van der Waals surface area contributed by atoms with Gasteiger partial charge in [-0.05, 0) is 44.9 Å². The fourth-order valence-electron chi connectivity index (χ4n) is 4.28. The van der Waals surface area contributed by atoms with Gasteiger partial charge < -0.3 is 30.1 Å². The Bertz CT molecular complexity index is 940. The molecule has 0 spiro atoms. The van der Waals surface area contributed by atoms with E-state index in [0.29, 0.717) is 24.5 Å². The van der Waals surface area contributed by atoms with Gasteiger partial charge in [-0.2, -0.15) is 0 Å². The molecular weight excluding hydrogens is 509 g/mol. The summed E-state index contributed by atoms with van der Waals surface area (Å²) in [6.07, 6.45) is -0.555. The van der Waals surface area contributed by atoms with E-state index < -0.39 is 40.8 Å². The first-order valence-corrected chi connectivity index (χ1v) is 12.8. The van der Waals surface area contributed by atoms with Crippen LogP contribution in [0.4, 0.5) is 9.59 Å². The molecule has 202 valence electrons. The minimum absolute atomic E-state index is 0.0227. The molecule has 2 rings (SSSR count). The number of nitrogens with zero attached hydrogens (tertiary/aromatic N) is 1. The van der Waals surface area contributed by atoms with E-state index >= 15 is 0 Å². The molecule has 0 bridgehead atoms. The number of rotatable bonds is 8. The van der Waals surface area contributed by atoms with Crippen molar-refractivity contribution in [3.05, 3.63) is 34.9 Å². The van der Waals surface area contributed by atoms with Crippen LogP contribution >= 0.6 is 23.2 Å². The highest BCUT2D eigenvalue weighted by Crippen LogP contribution is 2.46.